The summed E-state index contributed by atoms with van der Waals surface area (Å²) in [4.78, 5) is -0.188. The molecule has 3 N–H and O–H groups in total. The van der Waals surface area contributed by atoms with Crippen LogP contribution in [0.1, 0.15) is 0 Å². The van der Waals surface area contributed by atoms with Crippen molar-refractivity contribution in [3.63, 3.8) is 0 Å². The lowest BCUT2D eigenvalue weighted by atomic mass is 10.3. The molecule has 0 aromatic heterocycles. The predicted octanol–water partition coefficient (Wildman–Crippen LogP) is 2.74. The van der Waals surface area contributed by atoms with Crippen LogP contribution in [0.2, 0.25) is 10.0 Å². The second-order valence-electron chi connectivity index (χ2n) is 4.85. The third-order valence-electron chi connectivity index (χ3n) is 3.29. The second kappa shape index (κ2) is 7.38. The third kappa shape index (κ3) is 4.36. The van der Waals surface area contributed by atoms with Gasteiger partial charge in [0.05, 0.1) is 31.2 Å². The molecule has 0 amide bonds. The molecule has 0 atom stereocenters. The molecule has 0 aliphatic heterocycles. The van der Waals surface area contributed by atoms with Crippen LogP contribution in [0.25, 0.3) is 0 Å². The Morgan fingerprint density at radius 3 is 1.92 bits per heavy atom. The lowest BCUT2D eigenvalue weighted by Gasteiger charge is -2.14. The fourth-order valence-electron chi connectivity index (χ4n) is 1.96. The van der Waals surface area contributed by atoms with Gasteiger partial charge in [-0.25, -0.2) is 21.6 Å². The molecule has 0 saturated carbocycles. The summed E-state index contributed by atoms with van der Waals surface area (Å²) in [6.07, 6.45) is 0. The van der Waals surface area contributed by atoms with Crippen molar-refractivity contribution in [1.29, 1.82) is 0 Å². The minimum Gasteiger partial charge on any atom is -0.386 e. The molecule has 0 saturated heterocycles. The SMILES string of the molecule is CNc1ccc(S(=O)(=O)NC)cc1NS(=O)(=O)c1ccc(Cl)c(Cl)c1. The lowest BCUT2D eigenvalue weighted by molar-refractivity contribution is 0.588. The molecule has 0 heterocycles. The second-order valence-corrected chi connectivity index (χ2v) is 9.23. The Balaban J connectivity index is 2.50. The van der Waals surface area contributed by atoms with Gasteiger partial charge in [0, 0.05) is 7.05 Å². The van der Waals surface area contributed by atoms with Crippen molar-refractivity contribution in [3.8, 4) is 0 Å². The summed E-state index contributed by atoms with van der Waals surface area (Å²) < 4.78 is 53.5. The van der Waals surface area contributed by atoms with E-state index in [9.17, 15) is 16.8 Å². The molecular formula is C14H15Cl2N3O4S2. The number of nitrogens with one attached hydrogen (secondary N) is 3. The fraction of sp³-hybridized carbons (Fsp3) is 0.143. The number of anilines is 2. The minimum atomic E-state index is -4.00. The maximum absolute atomic E-state index is 12.6. The van der Waals surface area contributed by atoms with Gasteiger partial charge in [0.1, 0.15) is 0 Å². The van der Waals surface area contributed by atoms with Crippen LogP contribution in [0.5, 0.6) is 0 Å². The summed E-state index contributed by atoms with van der Waals surface area (Å²) in [5.74, 6) is 0. The Kier molecular flexibility index (Phi) is 5.85. The van der Waals surface area contributed by atoms with Gasteiger partial charge in [-0.05, 0) is 43.4 Å². The molecule has 0 aliphatic rings. The molecule has 0 aliphatic carbocycles. The number of halogens is 2. The Bertz CT molecular complexity index is 1010. The Morgan fingerprint density at radius 1 is 0.760 bits per heavy atom. The molecule has 0 bridgehead atoms. The van der Waals surface area contributed by atoms with Crippen LogP contribution in [0.3, 0.4) is 0 Å². The Hall–Kier alpha value is -1.52. The van der Waals surface area contributed by atoms with E-state index in [1.165, 1.54) is 43.4 Å². The zero-order valence-corrected chi connectivity index (χ0v) is 16.3. The van der Waals surface area contributed by atoms with Crippen molar-refractivity contribution in [2.75, 3.05) is 24.1 Å². The average molecular weight is 424 g/mol. The van der Waals surface area contributed by atoms with Crippen LogP contribution in [0.15, 0.2) is 46.2 Å². The Labute approximate surface area is 156 Å². The summed E-state index contributed by atoms with van der Waals surface area (Å²) in [5.41, 5.74) is 0.476. The van der Waals surface area contributed by atoms with Crippen molar-refractivity contribution in [3.05, 3.63) is 46.4 Å². The van der Waals surface area contributed by atoms with Gasteiger partial charge >= 0.3 is 0 Å². The predicted molar refractivity (Wildman–Crippen MR) is 99.5 cm³/mol. The quantitative estimate of drug-likeness (QED) is 0.662. The van der Waals surface area contributed by atoms with Crippen molar-refractivity contribution < 1.29 is 16.8 Å². The smallest absolute Gasteiger partial charge is 0.262 e. The monoisotopic (exact) mass is 423 g/mol. The molecule has 2 aromatic carbocycles. The standard InChI is InChI=1S/C14H15Cl2N3O4S2/c1-17-13-6-4-10(24(20,21)18-2)8-14(13)19-25(22,23)9-3-5-11(15)12(16)7-9/h3-8,17-19H,1-2H3. The van der Waals surface area contributed by atoms with Gasteiger partial charge in [0.2, 0.25) is 10.0 Å². The first-order chi connectivity index (χ1) is 11.6. The van der Waals surface area contributed by atoms with Gasteiger partial charge in [0.25, 0.3) is 10.0 Å². The van der Waals surface area contributed by atoms with Gasteiger partial charge in [-0.1, -0.05) is 23.2 Å². The molecule has 2 aromatic rings. The maximum atomic E-state index is 12.6. The van der Waals surface area contributed by atoms with Gasteiger partial charge in [-0.2, -0.15) is 0 Å². The third-order valence-corrected chi connectivity index (χ3v) is 6.80. The van der Waals surface area contributed by atoms with Gasteiger partial charge in [-0.3, -0.25) is 4.72 Å². The zero-order valence-electron chi connectivity index (χ0n) is 13.2. The first-order valence-corrected chi connectivity index (χ1v) is 10.6. The molecule has 2 rings (SSSR count). The lowest BCUT2D eigenvalue weighted by Crippen LogP contribution is -2.19. The molecule has 11 heteroatoms. The van der Waals surface area contributed by atoms with Crippen molar-refractivity contribution in [1.82, 2.24) is 4.72 Å². The Morgan fingerprint density at radius 2 is 1.36 bits per heavy atom. The van der Waals surface area contributed by atoms with Crippen LogP contribution < -0.4 is 14.8 Å². The number of hydrogen-bond acceptors (Lipinski definition) is 5. The molecule has 0 fully saturated rings. The number of hydrogen-bond donors (Lipinski definition) is 3. The first-order valence-electron chi connectivity index (χ1n) is 6.84. The number of rotatable bonds is 6. The highest BCUT2D eigenvalue weighted by atomic mass is 35.5. The topological polar surface area (TPSA) is 104 Å². The molecule has 0 spiro atoms. The summed E-state index contributed by atoms with van der Waals surface area (Å²) in [7, 11) is -4.89. The van der Waals surface area contributed by atoms with E-state index in [1.54, 1.807) is 7.05 Å². The molecule has 25 heavy (non-hydrogen) atoms. The molecule has 7 nitrogen and oxygen atoms in total. The molecule has 0 unspecified atom stereocenters. The van der Waals surface area contributed by atoms with E-state index in [2.05, 4.69) is 14.8 Å². The minimum absolute atomic E-state index is 0.0740. The van der Waals surface area contributed by atoms with Crippen LogP contribution >= 0.6 is 23.2 Å². The highest BCUT2D eigenvalue weighted by Gasteiger charge is 2.20. The first kappa shape index (κ1) is 19.8. The van der Waals surface area contributed by atoms with Crippen LogP contribution in [0.4, 0.5) is 11.4 Å². The average Bonchev–Trinajstić information content (AvgIpc) is 2.56. The van der Waals surface area contributed by atoms with Crippen molar-refractivity contribution in [2.45, 2.75) is 9.79 Å². The van der Waals surface area contributed by atoms with E-state index in [0.29, 0.717) is 5.69 Å². The number of benzene rings is 2. The molecule has 136 valence electrons. The largest absolute Gasteiger partial charge is 0.386 e. The van der Waals surface area contributed by atoms with Gasteiger partial charge in [-0.15, -0.1) is 0 Å². The fourth-order valence-corrected chi connectivity index (χ4v) is 4.17. The van der Waals surface area contributed by atoms with Crippen LogP contribution in [-0.4, -0.2) is 30.9 Å². The van der Waals surface area contributed by atoms with E-state index in [-0.39, 0.29) is 25.5 Å². The summed E-state index contributed by atoms with van der Waals surface area (Å²) >= 11 is 11.7. The molecule has 0 radical (unpaired) electrons. The number of sulfonamides is 2. The van der Waals surface area contributed by atoms with Crippen LogP contribution in [0, 0.1) is 0 Å². The normalized spacial score (nSPS) is 12.0. The zero-order chi connectivity index (χ0) is 18.8. The summed E-state index contributed by atoms with van der Waals surface area (Å²) in [6, 6.07) is 7.89. The highest BCUT2D eigenvalue weighted by molar-refractivity contribution is 7.92. The van der Waals surface area contributed by atoms with Crippen molar-refractivity contribution in [2.24, 2.45) is 0 Å². The van der Waals surface area contributed by atoms with E-state index < -0.39 is 20.0 Å². The molecular weight excluding hydrogens is 409 g/mol. The van der Waals surface area contributed by atoms with E-state index in [4.69, 9.17) is 23.2 Å². The maximum Gasteiger partial charge on any atom is 0.262 e. The van der Waals surface area contributed by atoms with E-state index >= 15 is 0 Å². The highest BCUT2D eigenvalue weighted by Crippen LogP contribution is 2.29. The summed E-state index contributed by atoms with van der Waals surface area (Å²) in [5, 5.41) is 3.11. The van der Waals surface area contributed by atoms with Crippen molar-refractivity contribution >= 4 is 54.6 Å². The van der Waals surface area contributed by atoms with Gasteiger partial charge < -0.3 is 5.32 Å². The van der Waals surface area contributed by atoms with Crippen LogP contribution in [-0.2, 0) is 20.0 Å². The summed E-state index contributed by atoms with van der Waals surface area (Å²) in [6.45, 7) is 0. The van der Waals surface area contributed by atoms with Gasteiger partial charge in [0.15, 0.2) is 0 Å². The van der Waals surface area contributed by atoms with E-state index in [0.717, 1.165) is 0 Å². The van der Waals surface area contributed by atoms with E-state index in [1.807, 2.05) is 0 Å².